The molecule has 1 unspecified atom stereocenters. The van der Waals surface area contributed by atoms with Gasteiger partial charge in [-0.3, -0.25) is 4.99 Å². The maximum atomic E-state index is 5.75. The molecule has 0 saturated heterocycles. The highest BCUT2D eigenvalue weighted by Crippen LogP contribution is 2.56. The molecule has 2 aliphatic rings. The number of rotatable bonds is 2. The first-order valence-electron chi connectivity index (χ1n) is 5.83. The normalized spacial score (nSPS) is 30.4. The summed E-state index contributed by atoms with van der Waals surface area (Å²) in [5.74, 6) is 0.639. The minimum Gasteiger partial charge on any atom is -0.370 e. The maximum absolute atomic E-state index is 5.75. The Morgan fingerprint density at radius 2 is 2.14 bits per heavy atom. The summed E-state index contributed by atoms with van der Waals surface area (Å²) in [6.07, 6.45) is 8.33. The summed E-state index contributed by atoms with van der Waals surface area (Å²) < 4.78 is 0. The Bertz CT molecular complexity index is 229. The average Bonchev–Trinajstić information content (AvgIpc) is 2.79. The Hall–Kier alpha value is -0.730. The first-order valence-corrected chi connectivity index (χ1v) is 5.83. The fourth-order valence-electron chi connectivity index (χ4n) is 2.75. The zero-order valence-corrected chi connectivity index (χ0v) is 9.05. The lowest BCUT2D eigenvalue weighted by Gasteiger charge is -2.22. The lowest BCUT2D eigenvalue weighted by Crippen LogP contribution is -2.36. The van der Waals surface area contributed by atoms with Gasteiger partial charge in [0.05, 0.1) is 0 Å². The molecule has 2 rings (SSSR count). The zero-order chi connectivity index (χ0) is 10.0. The molecule has 2 fully saturated rings. The van der Waals surface area contributed by atoms with Crippen LogP contribution in [0.1, 0.15) is 45.4 Å². The van der Waals surface area contributed by atoms with Crippen molar-refractivity contribution in [3.8, 4) is 0 Å². The predicted molar refractivity (Wildman–Crippen MR) is 59.2 cm³/mol. The Morgan fingerprint density at radius 3 is 2.79 bits per heavy atom. The second-order valence-corrected chi connectivity index (χ2v) is 4.68. The smallest absolute Gasteiger partial charge is 0.188 e. The highest BCUT2D eigenvalue weighted by atomic mass is 15.1. The standard InChI is InChI=1S/C11H21N3/c1-2-13-10(12)14-9-8-11(9)6-4-3-5-7-11/h9H,2-8H2,1H3,(H3,12,13,14). The van der Waals surface area contributed by atoms with Crippen molar-refractivity contribution in [2.24, 2.45) is 16.1 Å². The van der Waals surface area contributed by atoms with Gasteiger partial charge in [0.1, 0.15) is 0 Å². The van der Waals surface area contributed by atoms with Crippen molar-refractivity contribution in [3.63, 3.8) is 0 Å². The SMILES string of the molecule is CCN=C(N)NC1CC12CCCCC2. The molecule has 80 valence electrons. The number of hydrogen-bond donors (Lipinski definition) is 2. The number of guanidine groups is 1. The topological polar surface area (TPSA) is 50.4 Å². The molecule has 1 spiro atoms. The van der Waals surface area contributed by atoms with E-state index >= 15 is 0 Å². The van der Waals surface area contributed by atoms with Crippen molar-refractivity contribution >= 4 is 5.96 Å². The second kappa shape index (κ2) is 3.79. The lowest BCUT2D eigenvalue weighted by atomic mass is 9.86. The first kappa shape index (κ1) is 9.81. The van der Waals surface area contributed by atoms with Crippen molar-refractivity contribution in [2.45, 2.75) is 51.5 Å². The number of nitrogens with zero attached hydrogens (tertiary/aromatic N) is 1. The largest absolute Gasteiger partial charge is 0.370 e. The van der Waals surface area contributed by atoms with Crippen LogP contribution in [0.2, 0.25) is 0 Å². The van der Waals surface area contributed by atoms with E-state index in [-0.39, 0.29) is 0 Å². The van der Waals surface area contributed by atoms with Crippen LogP contribution in [0.3, 0.4) is 0 Å². The van der Waals surface area contributed by atoms with E-state index < -0.39 is 0 Å². The molecule has 0 radical (unpaired) electrons. The molecular weight excluding hydrogens is 174 g/mol. The molecule has 3 N–H and O–H groups in total. The van der Waals surface area contributed by atoms with E-state index in [1.165, 1.54) is 38.5 Å². The van der Waals surface area contributed by atoms with Crippen molar-refractivity contribution in [3.05, 3.63) is 0 Å². The van der Waals surface area contributed by atoms with Gasteiger partial charge in [0.15, 0.2) is 5.96 Å². The number of hydrogen-bond acceptors (Lipinski definition) is 1. The summed E-state index contributed by atoms with van der Waals surface area (Å²) in [5.41, 5.74) is 6.36. The second-order valence-electron chi connectivity index (χ2n) is 4.68. The van der Waals surface area contributed by atoms with Gasteiger partial charge in [-0.25, -0.2) is 0 Å². The fraction of sp³-hybridized carbons (Fsp3) is 0.909. The van der Waals surface area contributed by atoms with Crippen molar-refractivity contribution < 1.29 is 0 Å². The van der Waals surface area contributed by atoms with Gasteiger partial charge in [-0.1, -0.05) is 19.3 Å². The first-order chi connectivity index (χ1) is 6.77. The quantitative estimate of drug-likeness (QED) is 0.520. The van der Waals surface area contributed by atoms with Crippen molar-refractivity contribution in [1.29, 1.82) is 0 Å². The molecule has 0 aromatic heterocycles. The Labute approximate surface area is 86.2 Å². The summed E-state index contributed by atoms with van der Waals surface area (Å²) >= 11 is 0. The van der Waals surface area contributed by atoms with E-state index in [2.05, 4.69) is 10.3 Å². The van der Waals surface area contributed by atoms with E-state index in [0.29, 0.717) is 17.4 Å². The van der Waals surface area contributed by atoms with Gasteiger partial charge in [-0.05, 0) is 31.6 Å². The number of aliphatic imine (C=N–C) groups is 1. The highest BCUT2D eigenvalue weighted by molar-refractivity contribution is 5.78. The van der Waals surface area contributed by atoms with Crippen LogP contribution in [-0.4, -0.2) is 18.5 Å². The molecule has 0 aliphatic heterocycles. The van der Waals surface area contributed by atoms with Crippen LogP contribution in [0.25, 0.3) is 0 Å². The van der Waals surface area contributed by atoms with E-state index in [4.69, 9.17) is 5.73 Å². The van der Waals surface area contributed by atoms with Crippen LogP contribution in [0.5, 0.6) is 0 Å². The molecule has 0 amide bonds. The third-order valence-electron chi connectivity index (χ3n) is 3.69. The summed E-state index contributed by atoms with van der Waals surface area (Å²) in [7, 11) is 0. The van der Waals surface area contributed by atoms with E-state index in [1.807, 2.05) is 6.92 Å². The molecule has 3 heteroatoms. The van der Waals surface area contributed by atoms with Crippen LogP contribution in [0.4, 0.5) is 0 Å². The molecule has 14 heavy (non-hydrogen) atoms. The fourth-order valence-corrected chi connectivity index (χ4v) is 2.75. The molecule has 0 aromatic carbocycles. The minimum absolute atomic E-state index is 0.603. The minimum atomic E-state index is 0.603. The summed E-state index contributed by atoms with van der Waals surface area (Å²) in [4.78, 5) is 4.17. The number of nitrogens with one attached hydrogen (secondary N) is 1. The summed E-state index contributed by atoms with van der Waals surface area (Å²) in [6.45, 7) is 2.79. The van der Waals surface area contributed by atoms with Gasteiger partial charge < -0.3 is 11.1 Å². The summed E-state index contributed by atoms with van der Waals surface area (Å²) in [5, 5.41) is 3.34. The van der Waals surface area contributed by atoms with Crippen LogP contribution in [0.15, 0.2) is 4.99 Å². The molecule has 2 saturated carbocycles. The van der Waals surface area contributed by atoms with Gasteiger partial charge in [0.2, 0.25) is 0 Å². The van der Waals surface area contributed by atoms with Crippen molar-refractivity contribution in [1.82, 2.24) is 5.32 Å². The maximum Gasteiger partial charge on any atom is 0.188 e. The molecule has 3 nitrogen and oxygen atoms in total. The molecule has 1 atom stereocenters. The lowest BCUT2D eigenvalue weighted by molar-refractivity contribution is 0.321. The summed E-state index contributed by atoms with van der Waals surface area (Å²) in [6, 6.07) is 0.623. The van der Waals surface area contributed by atoms with Gasteiger partial charge in [0, 0.05) is 12.6 Å². The van der Waals surface area contributed by atoms with Gasteiger partial charge in [0.25, 0.3) is 0 Å². The average molecular weight is 195 g/mol. The number of nitrogens with two attached hydrogens (primary N) is 1. The monoisotopic (exact) mass is 195 g/mol. The zero-order valence-electron chi connectivity index (χ0n) is 9.05. The molecule has 0 heterocycles. The molecule has 2 aliphatic carbocycles. The van der Waals surface area contributed by atoms with Gasteiger partial charge in [-0.15, -0.1) is 0 Å². The third-order valence-corrected chi connectivity index (χ3v) is 3.69. The molecular formula is C11H21N3. The Kier molecular flexibility index (Phi) is 2.66. The Morgan fingerprint density at radius 1 is 1.43 bits per heavy atom. The molecule has 0 bridgehead atoms. The Balaban J connectivity index is 1.82. The van der Waals surface area contributed by atoms with E-state index in [9.17, 15) is 0 Å². The van der Waals surface area contributed by atoms with Crippen LogP contribution in [-0.2, 0) is 0 Å². The third kappa shape index (κ3) is 1.86. The highest BCUT2D eigenvalue weighted by Gasteiger charge is 2.53. The van der Waals surface area contributed by atoms with E-state index in [0.717, 1.165) is 6.54 Å². The van der Waals surface area contributed by atoms with Crippen LogP contribution in [0, 0.1) is 5.41 Å². The van der Waals surface area contributed by atoms with Gasteiger partial charge >= 0.3 is 0 Å². The van der Waals surface area contributed by atoms with Crippen LogP contribution >= 0.6 is 0 Å². The van der Waals surface area contributed by atoms with Crippen molar-refractivity contribution in [2.75, 3.05) is 6.54 Å². The van der Waals surface area contributed by atoms with E-state index in [1.54, 1.807) is 0 Å². The molecule has 0 aromatic rings. The van der Waals surface area contributed by atoms with Gasteiger partial charge in [-0.2, -0.15) is 0 Å². The van der Waals surface area contributed by atoms with Crippen LogP contribution < -0.4 is 11.1 Å². The predicted octanol–water partition coefficient (Wildman–Crippen LogP) is 1.63.